The molecule has 31 heavy (non-hydrogen) atoms. The molecule has 0 spiro atoms. The Balaban J connectivity index is 1.80. The molecular formula is C20H29N7O4. The molecule has 0 aromatic carbocycles. The number of piperidine rings is 1. The van der Waals surface area contributed by atoms with Crippen LogP contribution in [0.5, 0.6) is 0 Å². The van der Waals surface area contributed by atoms with Crippen molar-refractivity contribution in [3.05, 3.63) is 24.0 Å². The second-order valence-electron chi connectivity index (χ2n) is 8.49. The van der Waals surface area contributed by atoms with Crippen LogP contribution in [-0.4, -0.2) is 64.1 Å². The first kappa shape index (κ1) is 22.3. The number of hydrogen-bond acceptors (Lipinski definition) is 9. The fraction of sp³-hybridized carbons (Fsp3) is 0.550. The Bertz CT molecular complexity index is 911. The Morgan fingerprint density at radius 1 is 1.26 bits per heavy atom. The van der Waals surface area contributed by atoms with Gasteiger partial charge < -0.3 is 25.0 Å². The minimum atomic E-state index is -0.618. The van der Waals surface area contributed by atoms with E-state index in [1.807, 2.05) is 17.9 Å². The second kappa shape index (κ2) is 9.19. The van der Waals surface area contributed by atoms with Crippen molar-refractivity contribution < 1.29 is 19.1 Å². The molecule has 1 amide bonds. The van der Waals surface area contributed by atoms with Crippen LogP contribution in [0.15, 0.2) is 18.3 Å². The lowest BCUT2D eigenvalue weighted by Crippen LogP contribution is -2.53. The number of anilines is 3. The van der Waals surface area contributed by atoms with Crippen molar-refractivity contribution >= 4 is 29.6 Å². The predicted octanol–water partition coefficient (Wildman–Crippen LogP) is 2.14. The van der Waals surface area contributed by atoms with E-state index in [1.54, 1.807) is 33.0 Å². The van der Waals surface area contributed by atoms with E-state index in [1.165, 1.54) is 7.11 Å². The number of hydrogen-bond donors (Lipinski definition) is 3. The van der Waals surface area contributed by atoms with Gasteiger partial charge in [0.05, 0.1) is 25.3 Å². The van der Waals surface area contributed by atoms with Gasteiger partial charge in [0.15, 0.2) is 0 Å². The number of aryl methyl sites for hydroxylation is 1. The van der Waals surface area contributed by atoms with E-state index in [2.05, 4.69) is 30.8 Å². The number of carbonyl (C=O) groups excluding carboxylic acids is 2. The van der Waals surface area contributed by atoms with Crippen LogP contribution in [0.25, 0.3) is 0 Å². The minimum absolute atomic E-state index is 0.333. The lowest BCUT2D eigenvalue weighted by molar-refractivity contribution is -0.146. The lowest BCUT2D eigenvalue weighted by atomic mass is 9.94. The number of esters is 1. The molecule has 2 aromatic heterocycles. The van der Waals surface area contributed by atoms with E-state index < -0.39 is 17.6 Å². The van der Waals surface area contributed by atoms with Crippen molar-refractivity contribution in [3.63, 3.8) is 0 Å². The number of aromatic nitrogens is 4. The van der Waals surface area contributed by atoms with Gasteiger partial charge in [-0.25, -0.2) is 9.78 Å². The number of rotatable bonds is 5. The number of methoxy groups -OCH3 is 1. The summed E-state index contributed by atoms with van der Waals surface area (Å²) in [6.07, 6.45) is 1.54. The van der Waals surface area contributed by atoms with Crippen molar-refractivity contribution in [2.75, 3.05) is 30.4 Å². The number of H-pyrrole nitrogens is 1. The van der Waals surface area contributed by atoms with Crippen LogP contribution in [-0.2, 0) is 14.3 Å². The van der Waals surface area contributed by atoms with Gasteiger partial charge in [0.2, 0.25) is 5.95 Å². The highest BCUT2D eigenvalue weighted by Gasteiger charge is 2.35. The summed E-state index contributed by atoms with van der Waals surface area (Å²) in [4.78, 5) is 35.6. The topological polar surface area (TPSA) is 134 Å². The van der Waals surface area contributed by atoms with Crippen LogP contribution in [0.2, 0.25) is 0 Å². The van der Waals surface area contributed by atoms with Gasteiger partial charge in [0.25, 0.3) is 0 Å². The van der Waals surface area contributed by atoms with Gasteiger partial charge in [0, 0.05) is 30.9 Å². The predicted molar refractivity (Wildman–Crippen MR) is 114 cm³/mol. The van der Waals surface area contributed by atoms with Crippen molar-refractivity contribution in [2.45, 2.75) is 45.8 Å². The highest BCUT2D eigenvalue weighted by molar-refractivity contribution is 5.74. The summed E-state index contributed by atoms with van der Waals surface area (Å²) in [6, 6.07) is 3.26. The summed E-state index contributed by atoms with van der Waals surface area (Å²) >= 11 is 0. The zero-order valence-corrected chi connectivity index (χ0v) is 18.4. The van der Waals surface area contributed by atoms with E-state index in [0.717, 1.165) is 5.69 Å². The number of aromatic amines is 1. The third-order valence-corrected chi connectivity index (χ3v) is 4.59. The molecule has 0 aliphatic carbocycles. The first-order chi connectivity index (χ1) is 14.6. The molecule has 3 N–H and O–H groups in total. The Kier molecular flexibility index (Phi) is 6.62. The average Bonchev–Trinajstić information content (AvgIpc) is 3.18. The van der Waals surface area contributed by atoms with Gasteiger partial charge in [-0.15, -0.1) is 0 Å². The molecule has 11 nitrogen and oxygen atoms in total. The number of nitrogens with zero attached hydrogens (tertiary/aromatic N) is 4. The molecular weight excluding hydrogens is 402 g/mol. The normalized spacial score (nSPS) is 18.9. The van der Waals surface area contributed by atoms with Gasteiger partial charge in [-0.3, -0.25) is 9.89 Å². The number of carbonyl (C=O) groups is 2. The van der Waals surface area contributed by atoms with Gasteiger partial charge >= 0.3 is 12.1 Å². The molecule has 1 aliphatic rings. The molecule has 3 rings (SSSR count). The molecule has 11 heteroatoms. The summed E-state index contributed by atoms with van der Waals surface area (Å²) in [6.45, 7) is 8.07. The van der Waals surface area contributed by atoms with Crippen LogP contribution >= 0.6 is 0 Å². The maximum atomic E-state index is 12.3. The van der Waals surface area contributed by atoms with Crippen LogP contribution in [0.3, 0.4) is 0 Å². The number of alkyl carbamates (subject to hydrolysis) is 1. The quantitative estimate of drug-likeness (QED) is 0.609. The molecule has 1 saturated heterocycles. The van der Waals surface area contributed by atoms with Crippen LogP contribution < -0.4 is 15.5 Å². The van der Waals surface area contributed by atoms with E-state index in [-0.39, 0.29) is 12.0 Å². The number of amides is 1. The molecule has 3 heterocycles. The molecule has 0 unspecified atom stereocenters. The third-order valence-electron chi connectivity index (χ3n) is 4.59. The molecule has 168 valence electrons. The van der Waals surface area contributed by atoms with Gasteiger partial charge in [0.1, 0.15) is 17.2 Å². The largest absolute Gasteiger partial charge is 0.469 e. The van der Waals surface area contributed by atoms with E-state index in [0.29, 0.717) is 37.1 Å². The van der Waals surface area contributed by atoms with Crippen molar-refractivity contribution in [1.29, 1.82) is 0 Å². The van der Waals surface area contributed by atoms with Crippen molar-refractivity contribution in [1.82, 2.24) is 25.5 Å². The highest BCUT2D eigenvalue weighted by atomic mass is 16.6. The average molecular weight is 431 g/mol. The monoisotopic (exact) mass is 431 g/mol. The molecule has 1 aliphatic heterocycles. The Labute approximate surface area is 180 Å². The summed E-state index contributed by atoms with van der Waals surface area (Å²) < 4.78 is 10.3. The molecule has 0 radical (unpaired) electrons. The second-order valence-corrected chi connectivity index (χ2v) is 8.49. The van der Waals surface area contributed by atoms with E-state index >= 15 is 0 Å². The van der Waals surface area contributed by atoms with Gasteiger partial charge in [-0.1, -0.05) is 0 Å². The highest BCUT2D eigenvalue weighted by Crippen LogP contribution is 2.24. The number of ether oxygens (including phenoxy) is 2. The lowest BCUT2D eigenvalue weighted by Gasteiger charge is -2.37. The molecule has 2 aromatic rings. The Morgan fingerprint density at radius 3 is 2.68 bits per heavy atom. The van der Waals surface area contributed by atoms with Gasteiger partial charge in [-0.2, -0.15) is 10.1 Å². The minimum Gasteiger partial charge on any atom is -0.469 e. The fourth-order valence-corrected chi connectivity index (χ4v) is 3.40. The Morgan fingerprint density at radius 2 is 2.03 bits per heavy atom. The summed E-state index contributed by atoms with van der Waals surface area (Å²) in [5.74, 6) is 0.950. The van der Waals surface area contributed by atoms with Crippen LogP contribution in [0.4, 0.5) is 22.4 Å². The maximum absolute atomic E-state index is 12.3. The summed E-state index contributed by atoms with van der Waals surface area (Å²) in [7, 11) is 1.35. The molecule has 0 bridgehead atoms. The SMILES string of the molecule is COC(=O)[C@@H]1C[C@H](NC(=O)OC(C)(C)C)CN(c2nc(C)cc(Nc3ccn[nH]3)n2)C1. The van der Waals surface area contributed by atoms with E-state index in [4.69, 9.17) is 9.47 Å². The standard InChI is InChI=1S/C20H29N7O4/c1-12-8-16(24-15-6-7-21-26-15)25-18(22-12)27-10-13(17(28)30-5)9-14(11-27)23-19(29)31-20(2,3)4/h6-8,13-14H,9-11H2,1-5H3,(H,23,29)(H2,21,22,24,25,26)/t13-,14+/m1/s1. The molecule has 1 fully saturated rings. The molecule has 2 atom stereocenters. The maximum Gasteiger partial charge on any atom is 0.407 e. The molecule has 0 saturated carbocycles. The van der Waals surface area contributed by atoms with Gasteiger partial charge in [-0.05, 0) is 34.1 Å². The third kappa shape index (κ3) is 6.30. The Hall–Kier alpha value is -3.37. The summed E-state index contributed by atoms with van der Waals surface area (Å²) in [5.41, 5.74) is 0.136. The van der Waals surface area contributed by atoms with E-state index in [9.17, 15) is 9.59 Å². The summed E-state index contributed by atoms with van der Waals surface area (Å²) in [5, 5.41) is 12.7. The zero-order valence-electron chi connectivity index (χ0n) is 18.4. The first-order valence-electron chi connectivity index (χ1n) is 10.1. The fourth-order valence-electron chi connectivity index (χ4n) is 3.40. The smallest absolute Gasteiger partial charge is 0.407 e. The van der Waals surface area contributed by atoms with Crippen molar-refractivity contribution in [2.24, 2.45) is 5.92 Å². The zero-order chi connectivity index (χ0) is 22.6. The van der Waals surface area contributed by atoms with Crippen LogP contribution in [0, 0.1) is 12.8 Å². The first-order valence-corrected chi connectivity index (χ1v) is 10.1. The number of nitrogens with one attached hydrogen (secondary N) is 3. The van der Waals surface area contributed by atoms with Crippen molar-refractivity contribution in [3.8, 4) is 0 Å². The van der Waals surface area contributed by atoms with Crippen LogP contribution in [0.1, 0.15) is 32.9 Å².